The first-order valence-electron chi connectivity index (χ1n) is 10.7. The number of nitrogens with one attached hydrogen (secondary N) is 1. The van der Waals surface area contributed by atoms with E-state index < -0.39 is 24.5 Å². The third-order valence-corrected chi connectivity index (χ3v) is 5.54. The van der Waals surface area contributed by atoms with E-state index in [4.69, 9.17) is 9.84 Å². The van der Waals surface area contributed by atoms with Crippen molar-refractivity contribution in [2.45, 2.75) is 5.92 Å². The molecule has 2 N–H and O–H groups in total. The maximum atomic E-state index is 12.5. The zero-order chi connectivity index (χ0) is 24.1. The summed E-state index contributed by atoms with van der Waals surface area (Å²) in [5.74, 6) is -1.74. The van der Waals surface area contributed by atoms with E-state index in [1.807, 2.05) is 36.4 Å². The van der Waals surface area contributed by atoms with E-state index in [0.717, 1.165) is 27.2 Å². The van der Waals surface area contributed by atoms with Crippen molar-refractivity contribution in [3.05, 3.63) is 96.3 Å². The Balaban J connectivity index is 1.38. The summed E-state index contributed by atoms with van der Waals surface area (Å²) in [6.45, 7) is 3.32. The number of amides is 2. The van der Waals surface area contributed by atoms with Crippen LogP contribution in [0.15, 0.2) is 79.5 Å². The molecule has 0 spiro atoms. The Morgan fingerprint density at radius 3 is 2.24 bits per heavy atom. The standard InChI is InChI=1S/C26H23N3O5/c1-2-13-29(15-24(30)31)25(32)23-12-11-17(14-27-23)28-26(33)34-16-22-20-9-5-3-7-18(20)19-8-4-6-10-21(19)22/h2-12,14,22H,1,13,15-16H2,(H,28,33)(H,30,31). The molecule has 3 aromatic rings. The van der Waals surface area contributed by atoms with Gasteiger partial charge in [-0.2, -0.15) is 0 Å². The number of ether oxygens (including phenoxy) is 1. The summed E-state index contributed by atoms with van der Waals surface area (Å²) in [5, 5.41) is 11.6. The summed E-state index contributed by atoms with van der Waals surface area (Å²) in [5.41, 5.74) is 4.93. The van der Waals surface area contributed by atoms with Crippen molar-refractivity contribution < 1.29 is 24.2 Å². The van der Waals surface area contributed by atoms with Gasteiger partial charge in [0.2, 0.25) is 0 Å². The number of carboxylic acids is 1. The van der Waals surface area contributed by atoms with Gasteiger partial charge < -0.3 is 14.7 Å². The average molecular weight is 457 g/mol. The Morgan fingerprint density at radius 2 is 1.68 bits per heavy atom. The minimum atomic E-state index is -1.14. The van der Waals surface area contributed by atoms with Gasteiger partial charge in [0.25, 0.3) is 5.91 Å². The van der Waals surface area contributed by atoms with Gasteiger partial charge in [-0.3, -0.25) is 14.9 Å². The molecule has 8 heteroatoms. The number of aliphatic carboxylic acids is 1. The number of hydrogen-bond acceptors (Lipinski definition) is 5. The number of pyridine rings is 1. The van der Waals surface area contributed by atoms with Crippen LogP contribution in [0.5, 0.6) is 0 Å². The van der Waals surface area contributed by atoms with E-state index in [1.54, 1.807) is 0 Å². The molecule has 4 rings (SSSR count). The van der Waals surface area contributed by atoms with Crippen molar-refractivity contribution in [3.8, 4) is 11.1 Å². The lowest BCUT2D eigenvalue weighted by Gasteiger charge is -2.18. The lowest BCUT2D eigenvalue weighted by molar-refractivity contribution is -0.137. The van der Waals surface area contributed by atoms with Crippen molar-refractivity contribution in [3.63, 3.8) is 0 Å². The topological polar surface area (TPSA) is 109 Å². The molecule has 0 saturated heterocycles. The molecule has 1 heterocycles. The number of fused-ring (bicyclic) bond motifs is 3. The summed E-state index contributed by atoms with van der Waals surface area (Å²) in [7, 11) is 0. The molecule has 0 saturated carbocycles. The number of nitrogens with zero attached hydrogens (tertiary/aromatic N) is 2. The van der Waals surface area contributed by atoms with Gasteiger partial charge >= 0.3 is 12.1 Å². The van der Waals surface area contributed by atoms with E-state index >= 15 is 0 Å². The van der Waals surface area contributed by atoms with Crippen LogP contribution < -0.4 is 5.32 Å². The monoisotopic (exact) mass is 457 g/mol. The number of hydrogen-bond donors (Lipinski definition) is 2. The first-order valence-corrected chi connectivity index (χ1v) is 10.7. The molecule has 1 aliphatic rings. The molecule has 1 aliphatic carbocycles. The Kier molecular flexibility index (Phi) is 6.68. The number of carbonyl (C=O) groups excluding carboxylic acids is 2. The predicted octanol–water partition coefficient (Wildman–Crippen LogP) is 4.16. The molecule has 8 nitrogen and oxygen atoms in total. The third-order valence-electron chi connectivity index (χ3n) is 5.54. The van der Waals surface area contributed by atoms with Gasteiger partial charge in [-0.25, -0.2) is 9.78 Å². The molecule has 0 unspecified atom stereocenters. The Hall–Kier alpha value is -4.46. The van der Waals surface area contributed by atoms with Crippen LogP contribution in [-0.4, -0.2) is 52.7 Å². The summed E-state index contributed by atoms with van der Waals surface area (Å²) in [6, 6.07) is 19.1. The van der Waals surface area contributed by atoms with Crippen LogP contribution in [0.25, 0.3) is 11.1 Å². The van der Waals surface area contributed by atoms with Crippen LogP contribution >= 0.6 is 0 Å². The molecule has 0 aliphatic heterocycles. The van der Waals surface area contributed by atoms with Crippen LogP contribution in [0.3, 0.4) is 0 Å². The zero-order valence-corrected chi connectivity index (χ0v) is 18.3. The molecule has 0 fully saturated rings. The quantitative estimate of drug-likeness (QED) is 0.492. The highest BCUT2D eigenvalue weighted by Gasteiger charge is 2.29. The Labute approximate surface area is 196 Å². The van der Waals surface area contributed by atoms with Gasteiger partial charge in [-0.15, -0.1) is 6.58 Å². The summed E-state index contributed by atoms with van der Waals surface area (Å²) >= 11 is 0. The number of aromatic nitrogens is 1. The minimum absolute atomic E-state index is 0.0543. The normalized spacial score (nSPS) is 11.8. The van der Waals surface area contributed by atoms with Crippen LogP contribution in [-0.2, 0) is 9.53 Å². The van der Waals surface area contributed by atoms with Crippen molar-refractivity contribution in [2.75, 3.05) is 25.0 Å². The first-order chi connectivity index (χ1) is 16.5. The molecular formula is C26H23N3O5. The minimum Gasteiger partial charge on any atom is -0.480 e. The largest absolute Gasteiger partial charge is 0.480 e. The van der Waals surface area contributed by atoms with E-state index in [-0.39, 0.29) is 24.8 Å². The average Bonchev–Trinajstić information content (AvgIpc) is 3.16. The van der Waals surface area contributed by atoms with E-state index in [9.17, 15) is 14.4 Å². The number of carboxylic acid groups (broad SMARTS) is 1. The van der Waals surface area contributed by atoms with Crippen LogP contribution in [0, 0.1) is 0 Å². The maximum absolute atomic E-state index is 12.5. The molecule has 2 aromatic carbocycles. The van der Waals surface area contributed by atoms with Crippen LogP contribution in [0.1, 0.15) is 27.5 Å². The third kappa shape index (κ3) is 4.80. The second-order valence-electron chi connectivity index (χ2n) is 7.75. The summed E-state index contributed by atoms with van der Waals surface area (Å²) < 4.78 is 5.51. The van der Waals surface area contributed by atoms with Crippen molar-refractivity contribution in [1.29, 1.82) is 0 Å². The van der Waals surface area contributed by atoms with Gasteiger partial charge in [0.15, 0.2) is 0 Å². The molecule has 0 radical (unpaired) electrons. The molecule has 0 bridgehead atoms. The molecule has 2 amide bonds. The number of carbonyl (C=O) groups is 3. The molecule has 34 heavy (non-hydrogen) atoms. The zero-order valence-electron chi connectivity index (χ0n) is 18.3. The SMILES string of the molecule is C=CCN(CC(=O)O)C(=O)c1ccc(NC(=O)OCC2c3ccccc3-c3ccccc32)cn1. The maximum Gasteiger partial charge on any atom is 0.411 e. The van der Waals surface area contributed by atoms with E-state index in [1.165, 1.54) is 24.4 Å². The van der Waals surface area contributed by atoms with Gasteiger partial charge in [-0.05, 0) is 34.4 Å². The fourth-order valence-corrected chi connectivity index (χ4v) is 4.05. The molecule has 172 valence electrons. The smallest absolute Gasteiger partial charge is 0.411 e. The molecule has 1 aromatic heterocycles. The van der Waals surface area contributed by atoms with Gasteiger partial charge in [0, 0.05) is 12.5 Å². The molecular weight excluding hydrogens is 434 g/mol. The second kappa shape index (κ2) is 9.99. The van der Waals surface area contributed by atoms with E-state index in [0.29, 0.717) is 5.69 Å². The Morgan fingerprint density at radius 1 is 1.03 bits per heavy atom. The van der Waals surface area contributed by atoms with Gasteiger partial charge in [0.05, 0.1) is 11.9 Å². The highest BCUT2D eigenvalue weighted by molar-refractivity contribution is 5.94. The predicted molar refractivity (Wildman–Crippen MR) is 127 cm³/mol. The van der Waals surface area contributed by atoms with Gasteiger partial charge in [-0.1, -0.05) is 54.6 Å². The number of rotatable bonds is 8. The Bertz CT molecular complexity index is 1190. The molecule has 0 atom stereocenters. The van der Waals surface area contributed by atoms with Crippen LogP contribution in [0.4, 0.5) is 10.5 Å². The highest BCUT2D eigenvalue weighted by atomic mass is 16.5. The van der Waals surface area contributed by atoms with Crippen molar-refractivity contribution in [2.24, 2.45) is 0 Å². The van der Waals surface area contributed by atoms with Gasteiger partial charge in [0.1, 0.15) is 18.8 Å². The highest BCUT2D eigenvalue weighted by Crippen LogP contribution is 2.44. The second-order valence-corrected chi connectivity index (χ2v) is 7.75. The lowest BCUT2D eigenvalue weighted by atomic mass is 9.98. The fraction of sp³-hybridized carbons (Fsp3) is 0.154. The summed E-state index contributed by atoms with van der Waals surface area (Å²) in [6.07, 6.45) is 2.12. The lowest BCUT2D eigenvalue weighted by Crippen LogP contribution is -2.36. The van der Waals surface area contributed by atoms with Crippen LogP contribution in [0.2, 0.25) is 0 Å². The van der Waals surface area contributed by atoms with E-state index in [2.05, 4.69) is 29.0 Å². The number of anilines is 1. The number of benzene rings is 2. The van der Waals surface area contributed by atoms with Crippen molar-refractivity contribution in [1.82, 2.24) is 9.88 Å². The first kappa shape index (κ1) is 22.7. The summed E-state index contributed by atoms with van der Waals surface area (Å²) in [4.78, 5) is 41.0. The van der Waals surface area contributed by atoms with Crippen molar-refractivity contribution >= 4 is 23.7 Å². The fourth-order valence-electron chi connectivity index (χ4n) is 4.05.